The van der Waals surface area contributed by atoms with E-state index in [9.17, 15) is 0 Å². The lowest BCUT2D eigenvalue weighted by Crippen LogP contribution is -2.31. The van der Waals surface area contributed by atoms with E-state index in [1.807, 2.05) is 27.2 Å². The molecule has 0 heterocycles. The Balaban J connectivity index is 1.59. The fourth-order valence-corrected chi connectivity index (χ4v) is 4.47. The van der Waals surface area contributed by atoms with Crippen LogP contribution < -0.4 is 0 Å². The molecular formula is C21H32BrN3O2. The van der Waals surface area contributed by atoms with Gasteiger partial charge >= 0.3 is 0 Å². The normalized spacial score (nSPS) is 30.5. The molecule has 27 heavy (non-hydrogen) atoms. The van der Waals surface area contributed by atoms with Crippen LogP contribution in [0.3, 0.4) is 0 Å². The lowest BCUT2D eigenvalue weighted by molar-refractivity contribution is -0.0218. The molecule has 6 heteroatoms. The van der Waals surface area contributed by atoms with Crippen LogP contribution in [0.15, 0.2) is 32.0 Å². The molecule has 5 nitrogen and oxygen atoms in total. The van der Waals surface area contributed by atoms with E-state index in [4.69, 9.17) is 9.57 Å². The molecule has 0 aromatic carbocycles. The van der Waals surface area contributed by atoms with Crippen LogP contribution >= 0.6 is 15.9 Å². The number of rotatable bonds is 7. The zero-order valence-corrected chi connectivity index (χ0v) is 18.8. The zero-order valence-electron chi connectivity index (χ0n) is 17.2. The second-order valence-corrected chi connectivity index (χ2v) is 9.01. The average Bonchev–Trinajstić information content (AvgIpc) is 3.39. The molecule has 0 spiro atoms. The van der Waals surface area contributed by atoms with Gasteiger partial charge in [0.25, 0.3) is 0 Å². The second kappa shape index (κ2) is 8.48. The number of oxime groups is 1. The van der Waals surface area contributed by atoms with Crippen molar-refractivity contribution in [1.82, 2.24) is 4.90 Å². The molecule has 0 bridgehead atoms. The van der Waals surface area contributed by atoms with Crippen LogP contribution in [-0.2, 0) is 9.57 Å². The first-order valence-corrected chi connectivity index (χ1v) is 10.9. The summed E-state index contributed by atoms with van der Waals surface area (Å²) in [5, 5.41) is 4.28. The van der Waals surface area contributed by atoms with Gasteiger partial charge in [-0.2, -0.15) is 0 Å². The van der Waals surface area contributed by atoms with Crippen LogP contribution in [0.5, 0.6) is 0 Å². The molecule has 0 radical (unpaired) electrons. The minimum atomic E-state index is -0.159. The molecule has 0 amide bonds. The number of fused-ring (bicyclic) bond motifs is 1. The molecule has 0 aromatic rings. The van der Waals surface area contributed by atoms with Crippen molar-refractivity contribution in [3.05, 3.63) is 21.8 Å². The summed E-state index contributed by atoms with van der Waals surface area (Å²) in [6.07, 6.45) is 9.50. The first kappa shape index (κ1) is 20.6. The van der Waals surface area contributed by atoms with Gasteiger partial charge in [-0.1, -0.05) is 21.1 Å². The van der Waals surface area contributed by atoms with Crippen molar-refractivity contribution in [2.24, 2.45) is 16.1 Å². The highest BCUT2D eigenvalue weighted by molar-refractivity contribution is 9.11. The molecule has 3 aliphatic carbocycles. The molecule has 0 N–H and O–H groups in total. The van der Waals surface area contributed by atoms with E-state index >= 15 is 0 Å². The summed E-state index contributed by atoms with van der Waals surface area (Å²) in [7, 11) is 2.04. The summed E-state index contributed by atoms with van der Waals surface area (Å²) in [6.45, 7) is 9.28. The fraction of sp³-hybridized carbons (Fsp3) is 0.714. The van der Waals surface area contributed by atoms with Gasteiger partial charge in [-0.15, -0.1) is 0 Å². The molecule has 150 valence electrons. The van der Waals surface area contributed by atoms with Crippen molar-refractivity contribution in [3.63, 3.8) is 0 Å². The molecule has 0 saturated heterocycles. The third kappa shape index (κ3) is 4.65. The predicted molar refractivity (Wildman–Crippen MR) is 114 cm³/mol. The third-order valence-electron chi connectivity index (χ3n) is 5.68. The lowest BCUT2D eigenvalue weighted by Gasteiger charge is -2.31. The lowest BCUT2D eigenvalue weighted by atomic mass is 9.95. The Bertz CT molecular complexity index is 673. The Hall–Kier alpha value is -1.14. The van der Waals surface area contributed by atoms with Gasteiger partial charge in [0.2, 0.25) is 0 Å². The third-order valence-corrected chi connectivity index (χ3v) is 6.58. The van der Waals surface area contributed by atoms with Gasteiger partial charge in [-0.3, -0.25) is 0 Å². The Kier molecular flexibility index (Phi) is 6.46. The molecule has 3 rings (SSSR count). The van der Waals surface area contributed by atoms with Crippen LogP contribution in [0.1, 0.15) is 59.8 Å². The highest BCUT2D eigenvalue weighted by Gasteiger charge is 2.61. The first-order chi connectivity index (χ1) is 12.9. The van der Waals surface area contributed by atoms with Crippen LogP contribution in [0.4, 0.5) is 0 Å². The standard InChI is InChI=1S/C21H32BrN3O2/c1-6-25(5)13-23-19-11-20(22)21(12-18(21)15(19)4)26-17-9-7-16(8-10-17)24-27-14(2)3/h11,13-14,17-18H,6-10,12H2,1-5H3. The fourth-order valence-electron chi connectivity index (χ4n) is 3.72. The van der Waals surface area contributed by atoms with Gasteiger partial charge in [0, 0.05) is 24.0 Å². The minimum Gasteiger partial charge on any atom is -0.393 e. The number of halogens is 1. The highest BCUT2D eigenvalue weighted by Crippen LogP contribution is 2.61. The van der Waals surface area contributed by atoms with Gasteiger partial charge in [0.15, 0.2) is 0 Å². The smallest absolute Gasteiger partial charge is 0.122 e. The van der Waals surface area contributed by atoms with E-state index in [0.29, 0.717) is 5.92 Å². The maximum atomic E-state index is 6.64. The summed E-state index contributed by atoms with van der Waals surface area (Å²) in [4.78, 5) is 12.1. The van der Waals surface area contributed by atoms with E-state index in [0.717, 1.165) is 48.8 Å². The van der Waals surface area contributed by atoms with Gasteiger partial charge in [-0.25, -0.2) is 4.99 Å². The van der Waals surface area contributed by atoms with Gasteiger partial charge in [0.05, 0.1) is 23.9 Å². The second-order valence-electron chi connectivity index (χ2n) is 8.15. The quantitative estimate of drug-likeness (QED) is 0.318. The number of aliphatic imine (C=N–C) groups is 1. The molecule has 0 aromatic heterocycles. The van der Waals surface area contributed by atoms with Crippen molar-refractivity contribution in [1.29, 1.82) is 0 Å². The monoisotopic (exact) mass is 437 g/mol. The number of allylic oxidation sites excluding steroid dienone is 1. The van der Waals surface area contributed by atoms with Gasteiger partial charge in [-0.05, 0) is 71.4 Å². The number of ether oxygens (including phenoxy) is 1. The summed E-state index contributed by atoms with van der Waals surface area (Å²) in [5.41, 5.74) is 3.41. The van der Waals surface area contributed by atoms with E-state index in [1.54, 1.807) is 0 Å². The molecule has 3 aliphatic rings. The van der Waals surface area contributed by atoms with Crippen molar-refractivity contribution in [2.75, 3.05) is 13.6 Å². The Morgan fingerprint density at radius 3 is 2.70 bits per heavy atom. The zero-order chi connectivity index (χ0) is 19.6. The molecular weight excluding hydrogens is 406 g/mol. The first-order valence-electron chi connectivity index (χ1n) is 10.1. The number of hydrogen-bond acceptors (Lipinski definition) is 4. The van der Waals surface area contributed by atoms with E-state index < -0.39 is 0 Å². The summed E-state index contributed by atoms with van der Waals surface area (Å²) in [5.74, 6) is 0.440. The van der Waals surface area contributed by atoms with E-state index in [-0.39, 0.29) is 17.8 Å². The number of hydrogen-bond donors (Lipinski definition) is 0. The van der Waals surface area contributed by atoms with Crippen molar-refractivity contribution < 1.29 is 9.57 Å². The Morgan fingerprint density at radius 2 is 2.07 bits per heavy atom. The van der Waals surface area contributed by atoms with Crippen molar-refractivity contribution in [2.45, 2.75) is 77.6 Å². The summed E-state index contributed by atoms with van der Waals surface area (Å²) in [6, 6.07) is 0. The average molecular weight is 438 g/mol. The molecule has 2 fully saturated rings. The molecule has 0 aliphatic heterocycles. The maximum absolute atomic E-state index is 6.64. The topological polar surface area (TPSA) is 46.4 Å². The Labute approximate surface area is 171 Å². The predicted octanol–water partition coefficient (Wildman–Crippen LogP) is 5.03. The van der Waals surface area contributed by atoms with Crippen molar-refractivity contribution in [3.8, 4) is 0 Å². The van der Waals surface area contributed by atoms with Crippen LogP contribution in [0, 0.1) is 5.92 Å². The maximum Gasteiger partial charge on any atom is 0.122 e. The molecule has 2 unspecified atom stereocenters. The molecule has 2 saturated carbocycles. The largest absolute Gasteiger partial charge is 0.393 e. The van der Waals surface area contributed by atoms with Crippen LogP contribution in [0.25, 0.3) is 0 Å². The highest BCUT2D eigenvalue weighted by atomic mass is 79.9. The van der Waals surface area contributed by atoms with E-state index in [2.05, 4.69) is 50.9 Å². The minimum absolute atomic E-state index is 0.143. The number of nitrogens with zero attached hydrogens (tertiary/aromatic N) is 3. The SMILES string of the molecule is CCN(C)C=NC1=C(C)C2CC2(OC2CCC(=NOC(C)C)CC2)C(Br)=C1. The van der Waals surface area contributed by atoms with Gasteiger partial charge in [0.1, 0.15) is 11.7 Å². The van der Waals surface area contributed by atoms with Gasteiger partial charge < -0.3 is 14.5 Å². The van der Waals surface area contributed by atoms with E-state index in [1.165, 1.54) is 11.3 Å². The molecule has 2 atom stereocenters. The van der Waals surface area contributed by atoms with Crippen LogP contribution in [0.2, 0.25) is 0 Å². The van der Waals surface area contributed by atoms with Crippen LogP contribution in [-0.4, -0.2) is 48.4 Å². The Morgan fingerprint density at radius 1 is 1.37 bits per heavy atom. The van der Waals surface area contributed by atoms with Crippen molar-refractivity contribution >= 4 is 28.0 Å². The summed E-state index contributed by atoms with van der Waals surface area (Å²) >= 11 is 3.79. The summed E-state index contributed by atoms with van der Waals surface area (Å²) < 4.78 is 7.78.